The number of hydrogen-bond acceptors (Lipinski definition) is 5. The van der Waals surface area contributed by atoms with Crippen LogP contribution in [0.4, 0.5) is 6.01 Å². The molecule has 1 N–H and O–H groups in total. The molecule has 2 rings (SSSR count). The number of nitrogens with zero attached hydrogens (tertiary/aromatic N) is 2. The molecule has 0 aromatic carbocycles. The van der Waals surface area contributed by atoms with Gasteiger partial charge in [0.2, 0.25) is 5.89 Å². The van der Waals surface area contributed by atoms with Gasteiger partial charge in [-0.15, -0.1) is 16.7 Å². The molecule has 1 saturated carbocycles. The second kappa shape index (κ2) is 6.50. The summed E-state index contributed by atoms with van der Waals surface area (Å²) in [5, 5.41) is 12.0. The molecular weight excluding hydrogens is 258 g/mol. The van der Waals surface area contributed by atoms with E-state index in [9.17, 15) is 0 Å². The second-order valence-electron chi connectivity index (χ2n) is 4.31. The zero-order valence-corrected chi connectivity index (χ0v) is 11.6. The van der Waals surface area contributed by atoms with Crippen LogP contribution in [0.25, 0.3) is 0 Å². The number of nitrogens with one attached hydrogen (secondary N) is 1. The van der Waals surface area contributed by atoms with Gasteiger partial charge in [-0.2, -0.15) is 11.8 Å². The Hall–Kier alpha value is -0.420. The molecule has 0 spiro atoms. The number of aromatic nitrogens is 2. The summed E-state index contributed by atoms with van der Waals surface area (Å²) >= 11 is 7.57. The van der Waals surface area contributed by atoms with Crippen LogP contribution in [-0.2, 0) is 6.42 Å². The lowest BCUT2D eigenvalue weighted by Gasteiger charge is -2.27. The maximum atomic E-state index is 5.62. The molecule has 96 valence electrons. The van der Waals surface area contributed by atoms with Crippen molar-refractivity contribution in [3.05, 3.63) is 5.89 Å². The van der Waals surface area contributed by atoms with Crippen molar-refractivity contribution in [3.63, 3.8) is 0 Å². The number of halogens is 1. The third kappa shape index (κ3) is 3.78. The molecule has 6 heteroatoms. The fourth-order valence-electron chi connectivity index (χ4n) is 2.16. The van der Waals surface area contributed by atoms with Crippen LogP contribution in [0.5, 0.6) is 0 Å². The molecule has 4 nitrogen and oxygen atoms in total. The maximum Gasteiger partial charge on any atom is 0.315 e. The SMILES string of the molecule is CSC1CCCC(Nc2nnc(CCCl)o2)C1. The quantitative estimate of drug-likeness (QED) is 0.838. The van der Waals surface area contributed by atoms with Gasteiger partial charge in [-0.25, -0.2) is 0 Å². The summed E-state index contributed by atoms with van der Waals surface area (Å²) in [6.07, 6.45) is 7.76. The van der Waals surface area contributed by atoms with Gasteiger partial charge >= 0.3 is 6.01 Å². The molecule has 1 aromatic heterocycles. The van der Waals surface area contributed by atoms with Gasteiger partial charge in [-0.3, -0.25) is 0 Å². The van der Waals surface area contributed by atoms with Crippen LogP contribution >= 0.6 is 23.4 Å². The molecule has 2 unspecified atom stereocenters. The first-order chi connectivity index (χ1) is 8.31. The Bertz CT molecular complexity index is 347. The van der Waals surface area contributed by atoms with E-state index in [0.717, 1.165) is 5.25 Å². The molecule has 17 heavy (non-hydrogen) atoms. The first kappa shape index (κ1) is 13.0. The van der Waals surface area contributed by atoms with E-state index in [-0.39, 0.29) is 0 Å². The number of anilines is 1. The van der Waals surface area contributed by atoms with E-state index >= 15 is 0 Å². The minimum atomic E-state index is 0.463. The monoisotopic (exact) mass is 275 g/mol. The van der Waals surface area contributed by atoms with E-state index in [2.05, 4.69) is 21.8 Å². The van der Waals surface area contributed by atoms with Crippen LogP contribution in [0.2, 0.25) is 0 Å². The van der Waals surface area contributed by atoms with E-state index in [1.165, 1.54) is 25.7 Å². The van der Waals surface area contributed by atoms with Crippen LogP contribution < -0.4 is 5.32 Å². The zero-order valence-electron chi connectivity index (χ0n) is 9.99. The van der Waals surface area contributed by atoms with Gasteiger partial charge in [0.25, 0.3) is 0 Å². The Morgan fingerprint density at radius 3 is 3.12 bits per heavy atom. The third-order valence-corrected chi connectivity index (χ3v) is 4.35. The summed E-state index contributed by atoms with van der Waals surface area (Å²) in [5.41, 5.74) is 0. The molecule has 0 saturated heterocycles. The van der Waals surface area contributed by atoms with Gasteiger partial charge in [0.05, 0.1) is 0 Å². The van der Waals surface area contributed by atoms with Crippen LogP contribution in [0, 0.1) is 0 Å². The smallest absolute Gasteiger partial charge is 0.315 e. The molecule has 1 aliphatic carbocycles. The Labute approximate surface area is 111 Å². The Balaban J connectivity index is 1.86. The van der Waals surface area contributed by atoms with Crippen molar-refractivity contribution >= 4 is 29.4 Å². The van der Waals surface area contributed by atoms with Crippen molar-refractivity contribution < 1.29 is 4.42 Å². The van der Waals surface area contributed by atoms with Gasteiger partial charge in [-0.05, 0) is 25.5 Å². The summed E-state index contributed by atoms with van der Waals surface area (Å²) < 4.78 is 5.47. The zero-order chi connectivity index (χ0) is 12.1. The summed E-state index contributed by atoms with van der Waals surface area (Å²) in [6, 6.07) is 1.00. The highest BCUT2D eigenvalue weighted by Gasteiger charge is 2.22. The highest BCUT2D eigenvalue weighted by Crippen LogP contribution is 2.28. The summed E-state index contributed by atoms with van der Waals surface area (Å²) in [5.74, 6) is 1.12. The van der Waals surface area contributed by atoms with Gasteiger partial charge in [0.15, 0.2) is 0 Å². The average molecular weight is 276 g/mol. The average Bonchev–Trinajstić information content (AvgIpc) is 2.77. The van der Waals surface area contributed by atoms with Crippen LogP contribution in [-0.4, -0.2) is 33.6 Å². The molecule has 0 amide bonds. The normalized spacial score (nSPS) is 24.8. The Kier molecular flexibility index (Phi) is 4.98. The fourth-order valence-corrected chi connectivity index (χ4v) is 3.15. The molecule has 1 aromatic rings. The van der Waals surface area contributed by atoms with Crippen LogP contribution in [0.15, 0.2) is 4.42 Å². The number of aryl methyl sites for hydroxylation is 1. The van der Waals surface area contributed by atoms with Crippen molar-refractivity contribution in [1.29, 1.82) is 0 Å². The van der Waals surface area contributed by atoms with Crippen LogP contribution in [0.1, 0.15) is 31.6 Å². The minimum absolute atomic E-state index is 0.463. The standard InChI is InChI=1S/C11H18ClN3OS/c1-17-9-4-2-3-8(7-9)13-11-15-14-10(16-11)5-6-12/h8-9H,2-7H2,1H3,(H,13,15). The first-order valence-electron chi connectivity index (χ1n) is 5.99. The maximum absolute atomic E-state index is 5.62. The van der Waals surface area contributed by atoms with E-state index in [1.54, 1.807) is 0 Å². The topological polar surface area (TPSA) is 51.0 Å². The lowest BCUT2D eigenvalue weighted by molar-refractivity contribution is 0.450. The first-order valence-corrected chi connectivity index (χ1v) is 7.81. The van der Waals surface area contributed by atoms with Crippen LogP contribution in [0.3, 0.4) is 0 Å². The number of rotatable bonds is 5. The van der Waals surface area contributed by atoms with E-state index < -0.39 is 0 Å². The molecule has 0 aliphatic heterocycles. The van der Waals surface area contributed by atoms with Gasteiger partial charge in [0.1, 0.15) is 0 Å². The molecular formula is C11H18ClN3OS. The number of thioether (sulfide) groups is 1. The summed E-state index contributed by atoms with van der Waals surface area (Å²) in [4.78, 5) is 0. The lowest BCUT2D eigenvalue weighted by atomic mass is 9.95. The van der Waals surface area contributed by atoms with E-state index in [4.69, 9.17) is 16.0 Å². The predicted octanol–water partition coefficient (Wildman–Crippen LogP) is 2.94. The largest absolute Gasteiger partial charge is 0.408 e. The Morgan fingerprint density at radius 2 is 2.35 bits per heavy atom. The summed E-state index contributed by atoms with van der Waals surface area (Å²) in [6.45, 7) is 0. The molecule has 2 atom stereocenters. The van der Waals surface area contributed by atoms with E-state index in [0.29, 0.717) is 30.2 Å². The van der Waals surface area contributed by atoms with Gasteiger partial charge < -0.3 is 9.73 Å². The van der Waals surface area contributed by atoms with Gasteiger partial charge in [0, 0.05) is 23.6 Å². The summed E-state index contributed by atoms with van der Waals surface area (Å²) in [7, 11) is 0. The highest BCUT2D eigenvalue weighted by molar-refractivity contribution is 7.99. The third-order valence-electron chi connectivity index (χ3n) is 3.06. The lowest BCUT2D eigenvalue weighted by Crippen LogP contribution is -2.28. The number of hydrogen-bond donors (Lipinski definition) is 1. The van der Waals surface area contributed by atoms with Crippen molar-refractivity contribution in [2.75, 3.05) is 17.5 Å². The fraction of sp³-hybridized carbons (Fsp3) is 0.818. The van der Waals surface area contributed by atoms with Crippen molar-refractivity contribution in [2.45, 2.75) is 43.4 Å². The van der Waals surface area contributed by atoms with Crippen molar-refractivity contribution in [1.82, 2.24) is 10.2 Å². The second-order valence-corrected chi connectivity index (χ2v) is 5.82. The molecule has 1 aliphatic rings. The predicted molar refractivity (Wildman–Crippen MR) is 71.9 cm³/mol. The van der Waals surface area contributed by atoms with E-state index in [1.807, 2.05) is 11.8 Å². The van der Waals surface area contributed by atoms with Crippen molar-refractivity contribution in [2.24, 2.45) is 0 Å². The minimum Gasteiger partial charge on any atom is -0.408 e. The van der Waals surface area contributed by atoms with Gasteiger partial charge in [-0.1, -0.05) is 11.5 Å². The molecule has 1 fully saturated rings. The Morgan fingerprint density at radius 1 is 1.47 bits per heavy atom. The molecule has 1 heterocycles. The molecule has 0 radical (unpaired) electrons. The molecule has 0 bridgehead atoms. The highest BCUT2D eigenvalue weighted by atomic mass is 35.5. The number of alkyl halides is 1. The van der Waals surface area contributed by atoms with Crippen molar-refractivity contribution in [3.8, 4) is 0 Å².